The smallest absolute Gasteiger partial charge is 0.231 e. The average Bonchev–Trinajstić information content (AvgIpc) is 2.98. The van der Waals surface area contributed by atoms with Crippen LogP contribution in [0.5, 0.6) is 0 Å². The molecule has 2 heterocycles. The van der Waals surface area contributed by atoms with Gasteiger partial charge in [-0.2, -0.15) is 4.98 Å². The summed E-state index contributed by atoms with van der Waals surface area (Å²) in [5, 5.41) is 7.58. The number of hydrogen-bond acceptors (Lipinski definition) is 5. The second kappa shape index (κ2) is 5.95. The topological polar surface area (TPSA) is 54.2 Å². The van der Waals surface area contributed by atoms with Crippen molar-refractivity contribution in [2.45, 2.75) is 25.8 Å². The SMILES string of the molecule is CC(C)(c1noc(Cc2ccccc2)n1)N1CCNCC1. The summed E-state index contributed by atoms with van der Waals surface area (Å²) in [5.41, 5.74) is 0.994. The Morgan fingerprint density at radius 1 is 1.19 bits per heavy atom. The molecule has 1 fully saturated rings. The van der Waals surface area contributed by atoms with Gasteiger partial charge >= 0.3 is 0 Å². The molecule has 0 aliphatic carbocycles. The highest BCUT2D eigenvalue weighted by molar-refractivity contribution is 5.18. The summed E-state index contributed by atoms with van der Waals surface area (Å²) in [6.45, 7) is 8.37. The van der Waals surface area contributed by atoms with Crippen LogP contribution in [0.4, 0.5) is 0 Å². The van der Waals surface area contributed by atoms with Gasteiger partial charge in [0.2, 0.25) is 5.89 Å². The van der Waals surface area contributed by atoms with E-state index in [0.717, 1.165) is 32.0 Å². The number of hydrogen-bond donors (Lipinski definition) is 1. The van der Waals surface area contributed by atoms with Crippen LogP contribution < -0.4 is 5.32 Å². The first-order valence-corrected chi connectivity index (χ1v) is 7.49. The Morgan fingerprint density at radius 3 is 2.62 bits per heavy atom. The lowest BCUT2D eigenvalue weighted by Gasteiger charge is -2.38. The number of rotatable bonds is 4. The summed E-state index contributed by atoms with van der Waals surface area (Å²) in [7, 11) is 0. The molecule has 21 heavy (non-hydrogen) atoms. The number of nitrogens with zero attached hydrogens (tertiary/aromatic N) is 3. The largest absolute Gasteiger partial charge is 0.339 e. The van der Waals surface area contributed by atoms with Crippen LogP contribution in [0.15, 0.2) is 34.9 Å². The lowest BCUT2D eigenvalue weighted by atomic mass is 10.0. The Morgan fingerprint density at radius 2 is 1.90 bits per heavy atom. The molecular weight excluding hydrogens is 264 g/mol. The first-order chi connectivity index (χ1) is 10.2. The highest BCUT2D eigenvalue weighted by atomic mass is 16.5. The molecule has 1 aliphatic heterocycles. The third-order valence-corrected chi connectivity index (χ3v) is 4.12. The first-order valence-electron chi connectivity index (χ1n) is 7.49. The van der Waals surface area contributed by atoms with E-state index in [0.29, 0.717) is 12.3 Å². The third kappa shape index (κ3) is 3.14. The Bertz CT molecular complexity index is 573. The maximum Gasteiger partial charge on any atom is 0.231 e. The molecule has 2 aromatic rings. The summed E-state index contributed by atoms with van der Waals surface area (Å²) in [4.78, 5) is 7.02. The van der Waals surface area contributed by atoms with Gasteiger partial charge in [-0.3, -0.25) is 4.90 Å². The fraction of sp³-hybridized carbons (Fsp3) is 0.500. The van der Waals surface area contributed by atoms with Crippen molar-refractivity contribution in [3.63, 3.8) is 0 Å². The van der Waals surface area contributed by atoms with Crippen molar-refractivity contribution in [3.8, 4) is 0 Å². The summed E-state index contributed by atoms with van der Waals surface area (Å²) >= 11 is 0. The van der Waals surface area contributed by atoms with Crippen molar-refractivity contribution in [3.05, 3.63) is 47.6 Å². The van der Waals surface area contributed by atoms with Gasteiger partial charge in [-0.15, -0.1) is 0 Å². The molecule has 1 saturated heterocycles. The number of benzene rings is 1. The molecule has 0 spiro atoms. The summed E-state index contributed by atoms with van der Waals surface area (Å²) in [6, 6.07) is 10.2. The summed E-state index contributed by atoms with van der Waals surface area (Å²) in [5.74, 6) is 1.45. The minimum atomic E-state index is -0.194. The second-order valence-corrected chi connectivity index (χ2v) is 5.97. The molecule has 112 valence electrons. The van der Waals surface area contributed by atoms with Gasteiger partial charge in [0.1, 0.15) is 0 Å². The van der Waals surface area contributed by atoms with Gasteiger partial charge in [0.25, 0.3) is 0 Å². The molecule has 1 N–H and O–H groups in total. The van der Waals surface area contributed by atoms with Crippen LogP contribution in [0.1, 0.15) is 31.1 Å². The maximum atomic E-state index is 5.44. The van der Waals surface area contributed by atoms with E-state index in [4.69, 9.17) is 4.52 Å². The minimum absolute atomic E-state index is 0.194. The average molecular weight is 286 g/mol. The molecule has 0 amide bonds. The highest BCUT2D eigenvalue weighted by Gasteiger charge is 2.34. The standard InChI is InChI=1S/C16H22N4O/c1-16(2,20-10-8-17-9-11-20)15-18-14(21-19-15)12-13-6-4-3-5-7-13/h3-7,17H,8-12H2,1-2H3. The zero-order valence-corrected chi connectivity index (χ0v) is 12.7. The van der Waals surface area contributed by atoms with E-state index in [1.54, 1.807) is 0 Å². The molecule has 0 unspecified atom stereocenters. The molecule has 1 aromatic heterocycles. The van der Waals surface area contributed by atoms with Gasteiger partial charge in [-0.1, -0.05) is 35.5 Å². The molecule has 0 atom stereocenters. The molecule has 3 rings (SSSR count). The monoisotopic (exact) mass is 286 g/mol. The Hall–Kier alpha value is -1.72. The van der Waals surface area contributed by atoms with Crippen molar-refractivity contribution in [1.82, 2.24) is 20.4 Å². The van der Waals surface area contributed by atoms with E-state index in [9.17, 15) is 0 Å². The van der Waals surface area contributed by atoms with Gasteiger partial charge in [-0.25, -0.2) is 0 Å². The van der Waals surface area contributed by atoms with Crippen molar-refractivity contribution < 1.29 is 4.52 Å². The molecule has 5 nitrogen and oxygen atoms in total. The summed E-state index contributed by atoms with van der Waals surface area (Å²) < 4.78 is 5.44. The van der Waals surface area contributed by atoms with Crippen LogP contribution in [0.2, 0.25) is 0 Å². The van der Waals surface area contributed by atoms with E-state index in [1.807, 2.05) is 18.2 Å². The van der Waals surface area contributed by atoms with Gasteiger partial charge in [0, 0.05) is 26.2 Å². The van der Waals surface area contributed by atoms with Gasteiger partial charge in [0.05, 0.1) is 12.0 Å². The quantitative estimate of drug-likeness (QED) is 0.929. The highest BCUT2D eigenvalue weighted by Crippen LogP contribution is 2.25. The van der Waals surface area contributed by atoms with Crippen LogP contribution in [-0.2, 0) is 12.0 Å². The van der Waals surface area contributed by atoms with Gasteiger partial charge in [0.15, 0.2) is 5.82 Å². The van der Waals surface area contributed by atoms with E-state index >= 15 is 0 Å². The minimum Gasteiger partial charge on any atom is -0.339 e. The molecular formula is C16H22N4O. The first kappa shape index (κ1) is 14.2. The Balaban J connectivity index is 1.74. The third-order valence-electron chi connectivity index (χ3n) is 4.12. The van der Waals surface area contributed by atoms with E-state index in [1.165, 1.54) is 5.56 Å². The van der Waals surface area contributed by atoms with Crippen molar-refractivity contribution in [1.29, 1.82) is 0 Å². The fourth-order valence-corrected chi connectivity index (χ4v) is 2.71. The van der Waals surface area contributed by atoms with Crippen LogP contribution in [0.25, 0.3) is 0 Å². The van der Waals surface area contributed by atoms with E-state index in [2.05, 4.69) is 46.3 Å². The van der Waals surface area contributed by atoms with E-state index in [-0.39, 0.29) is 5.54 Å². The lowest BCUT2D eigenvalue weighted by Crippen LogP contribution is -2.52. The molecule has 0 bridgehead atoms. The predicted molar refractivity (Wildman–Crippen MR) is 81.0 cm³/mol. The van der Waals surface area contributed by atoms with Crippen molar-refractivity contribution >= 4 is 0 Å². The molecule has 0 radical (unpaired) electrons. The zero-order valence-electron chi connectivity index (χ0n) is 12.7. The Kier molecular flexibility index (Phi) is 4.03. The van der Waals surface area contributed by atoms with Crippen molar-refractivity contribution in [2.75, 3.05) is 26.2 Å². The van der Waals surface area contributed by atoms with E-state index < -0.39 is 0 Å². The summed E-state index contributed by atoms with van der Waals surface area (Å²) in [6.07, 6.45) is 0.686. The van der Waals surface area contributed by atoms with Crippen LogP contribution in [0.3, 0.4) is 0 Å². The lowest BCUT2D eigenvalue weighted by molar-refractivity contribution is 0.0924. The number of aromatic nitrogens is 2. The van der Waals surface area contributed by atoms with Crippen molar-refractivity contribution in [2.24, 2.45) is 0 Å². The maximum absolute atomic E-state index is 5.44. The number of nitrogens with one attached hydrogen (secondary N) is 1. The predicted octanol–water partition coefficient (Wildman–Crippen LogP) is 1.80. The molecule has 0 saturated carbocycles. The Labute approximate surface area is 125 Å². The molecule has 1 aliphatic rings. The number of piperazine rings is 1. The normalized spacial score (nSPS) is 17.0. The molecule has 5 heteroatoms. The molecule has 1 aromatic carbocycles. The zero-order chi connectivity index (χ0) is 14.7. The van der Waals surface area contributed by atoms with Crippen LogP contribution in [0, 0.1) is 0 Å². The second-order valence-electron chi connectivity index (χ2n) is 5.97. The van der Waals surface area contributed by atoms with Gasteiger partial charge in [-0.05, 0) is 19.4 Å². The fourth-order valence-electron chi connectivity index (χ4n) is 2.71. The van der Waals surface area contributed by atoms with Gasteiger partial charge < -0.3 is 9.84 Å². The van der Waals surface area contributed by atoms with Crippen LogP contribution in [-0.4, -0.2) is 41.2 Å². The van der Waals surface area contributed by atoms with Crippen LogP contribution >= 0.6 is 0 Å².